The van der Waals surface area contributed by atoms with E-state index in [-0.39, 0.29) is 0 Å². The number of nitrogens with zero attached hydrogens (tertiary/aromatic N) is 5. The molecular formula is C22H29N5O. The molecule has 3 aromatic rings. The molecule has 0 unspecified atom stereocenters. The summed E-state index contributed by atoms with van der Waals surface area (Å²) in [7, 11) is 1.95. The Hall–Kier alpha value is -2.44. The van der Waals surface area contributed by atoms with Crippen molar-refractivity contribution in [2.45, 2.75) is 13.8 Å². The first kappa shape index (κ1) is 18.9. The van der Waals surface area contributed by atoms with E-state index in [0.29, 0.717) is 0 Å². The Bertz CT molecular complexity index is 926. The number of likely N-dealkylation sites (N-methyl/N-ethyl adjacent to an activating group) is 1. The first-order valence-corrected chi connectivity index (χ1v) is 10.1. The van der Waals surface area contributed by atoms with Crippen LogP contribution in [0.2, 0.25) is 0 Å². The smallest absolute Gasteiger partial charge is 0.119 e. The number of fused-ring (bicyclic) bond motifs is 1. The lowest BCUT2D eigenvalue weighted by atomic mass is 10.1. The Balaban J connectivity index is 1.35. The van der Waals surface area contributed by atoms with Crippen molar-refractivity contribution in [3.63, 3.8) is 0 Å². The van der Waals surface area contributed by atoms with Gasteiger partial charge in [-0.05, 0) is 49.4 Å². The number of hydrogen-bond donors (Lipinski definition) is 0. The second-order valence-corrected chi connectivity index (χ2v) is 7.48. The van der Waals surface area contributed by atoms with Gasteiger partial charge in [0.2, 0.25) is 0 Å². The average Bonchev–Trinajstić information content (AvgIpc) is 3.10. The molecule has 1 fully saturated rings. The summed E-state index contributed by atoms with van der Waals surface area (Å²) in [5.74, 6) is 0.912. The summed E-state index contributed by atoms with van der Waals surface area (Å²) in [6.07, 6.45) is 1.82. The molecule has 1 aliphatic heterocycles. The zero-order chi connectivity index (χ0) is 19.5. The molecule has 148 valence electrons. The van der Waals surface area contributed by atoms with Gasteiger partial charge in [-0.3, -0.25) is 9.58 Å². The van der Waals surface area contributed by atoms with E-state index in [1.54, 1.807) is 0 Å². The lowest BCUT2D eigenvalue weighted by Crippen LogP contribution is -2.47. The highest BCUT2D eigenvalue weighted by atomic mass is 16.5. The quantitative estimate of drug-likeness (QED) is 0.659. The van der Waals surface area contributed by atoms with Crippen molar-refractivity contribution in [1.82, 2.24) is 24.6 Å². The van der Waals surface area contributed by atoms with Crippen molar-refractivity contribution in [2.24, 2.45) is 7.05 Å². The van der Waals surface area contributed by atoms with Crippen LogP contribution in [0.3, 0.4) is 0 Å². The first-order valence-electron chi connectivity index (χ1n) is 10.1. The van der Waals surface area contributed by atoms with Gasteiger partial charge in [0.05, 0.1) is 17.4 Å². The molecule has 3 heterocycles. The number of ether oxygens (including phenoxy) is 1. The minimum atomic E-state index is 0.727. The Morgan fingerprint density at radius 3 is 2.46 bits per heavy atom. The van der Waals surface area contributed by atoms with Gasteiger partial charge in [0.15, 0.2) is 0 Å². The van der Waals surface area contributed by atoms with Crippen molar-refractivity contribution in [2.75, 3.05) is 45.9 Å². The third-order valence-corrected chi connectivity index (χ3v) is 5.63. The maximum atomic E-state index is 5.96. The molecule has 6 nitrogen and oxygen atoms in total. The highest BCUT2D eigenvalue weighted by Crippen LogP contribution is 2.25. The summed E-state index contributed by atoms with van der Waals surface area (Å²) in [6.45, 7) is 11.8. The molecule has 28 heavy (non-hydrogen) atoms. The van der Waals surface area contributed by atoms with Crippen molar-refractivity contribution in [3.05, 3.63) is 42.1 Å². The zero-order valence-electron chi connectivity index (χ0n) is 17.1. The van der Waals surface area contributed by atoms with Crippen LogP contribution in [-0.2, 0) is 7.05 Å². The molecule has 0 atom stereocenters. The van der Waals surface area contributed by atoms with Crippen LogP contribution >= 0.6 is 0 Å². The van der Waals surface area contributed by atoms with Gasteiger partial charge in [0.25, 0.3) is 0 Å². The summed E-state index contributed by atoms with van der Waals surface area (Å²) in [5, 5.41) is 4.31. The minimum absolute atomic E-state index is 0.727. The van der Waals surface area contributed by atoms with Crippen LogP contribution in [0.15, 0.2) is 36.5 Å². The molecule has 1 aromatic carbocycles. The number of rotatable bonds is 6. The van der Waals surface area contributed by atoms with E-state index in [1.807, 2.05) is 30.1 Å². The molecule has 0 spiro atoms. The lowest BCUT2D eigenvalue weighted by Gasteiger charge is -2.33. The minimum Gasteiger partial charge on any atom is -0.492 e. The van der Waals surface area contributed by atoms with Gasteiger partial charge in [0, 0.05) is 45.3 Å². The van der Waals surface area contributed by atoms with Gasteiger partial charge in [-0.15, -0.1) is 0 Å². The van der Waals surface area contributed by atoms with Gasteiger partial charge in [-0.1, -0.05) is 6.92 Å². The summed E-state index contributed by atoms with van der Waals surface area (Å²) >= 11 is 0. The number of piperazine rings is 1. The molecular weight excluding hydrogens is 350 g/mol. The second kappa shape index (κ2) is 8.29. The largest absolute Gasteiger partial charge is 0.492 e. The van der Waals surface area contributed by atoms with Gasteiger partial charge in [-0.2, -0.15) is 5.10 Å². The summed E-state index contributed by atoms with van der Waals surface area (Å²) in [4.78, 5) is 9.74. The highest BCUT2D eigenvalue weighted by molar-refractivity contribution is 5.81. The molecule has 0 aliphatic carbocycles. The fourth-order valence-corrected chi connectivity index (χ4v) is 3.89. The van der Waals surface area contributed by atoms with Crippen LogP contribution in [0.1, 0.15) is 12.5 Å². The van der Waals surface area contributed by atoms with E-state index >= 15 is 0 Å². The van der Waals surface area contributed by atoms with Crippen molar-refractivity contribution < 1.29 is 4.74 Å². The van der Waals surface area contributed by atoms with E-state index in [2.05, 4.69) is 46.9 Å². The topological polar surface area (TPSA) is 46.4 Å². The molecule has 0 radical (unpaired) electrons. The van der Waals surface area contributed by atoms with Crippen LogP contribution in [-0.4, -0.2) is 70.4 Å². The van der Waals surface area contributed by atoms with E-state index in [4.69, 9.17) is 9.72 Å². The van der Waals surface area contributed by atoms with E-state index < -0.39 is 0 Å². The molecule has 0 amide bonds. The predicted octanol–water partition coefficient (Wildman–Crippen LogP) is 2.96. The number of benzene rings is 1. The van der Waals surface area contributed by atoms with Crippen LogP contribution in [0.5, 0.6) is 5.75 Å². The molecule has 2 aromatic heterocycles. The standard InChI is InChI=1S/C22H29N5O/c1-4-26-9-11-27(12-10-26)13-14-28-19-7-5-18(6-8-19)20-15-17(2)22-21(24-20)16-23-25(22)3/h5-8,15-16H,4,9-14H2,1-3H3. The Morgan fingerprint density at radius 2 is 1.75 bits per heavy atom. The fraction of sp³-hybridized carbons (Fsp3) is 0.455. The number of aromatic nitrogens is 3. The third kappa shape index (κ3) is 4.03. The monoisotopic (exact) mass is 379 g/mol. The molecule has 0 saturated carbocycles. The van der Waals surface area contributed by atoms with Gasteiger partial charge in [-0.25, -0.2) is 4.98 Å². The number of hydrogen-bond acceptors (Lipinski definition) is 5. The predicted molar refractivity (Wildman–Crippen MR) is 113 cm³/mol. The molecule has 0 bridgehead atoms. The van der Waals surface area contributed by atoms with Crippen LogP contribution in [0, 0.1) is 6.92 Å². The Labute approximate surface area is 166 Å². The van der Waals surface area contributed by atoms with Crippen molar-refractivity contribution >= 4 is 11.0 Å². The zero-order valence-corrected chi connectivity index (χ0v) is 17.1. The highest BCUT2D eigenvalue weighted by Gasteiger charge is 2.15. The van der Waals surface area contributed by atoms with Crippen LogP contribution in [0.25, 0.3) is 22.3 Å². The van der Waals surface area contributed by atoms with Gasteiger partial charge in [0.1, 0.15) is 17.9 Å². The van der Waals surface area contributed by atoms with Gasteiger partial charge < -0.3 is 9.64 Å². The van der Waals surface area contributed by atoms with Crippen molar-refractivity contribution in [1.29, 1.82) is 0 Å². The van der Waals surface area contributed by atoms with Crippen LogP contribution < -0.4 is 4.74 Å². The maximum Gasteiger partial charge on any atom is 0.119 e. The van der Waals surface area contributed by atoms with Crippen molar-refractivity contribution in [3.8, 4) is 17.0 Å². The molecule has 1 saturated heterocycles. The molecule has 1 aliphatic rings. The Morgan fingerprint density at radius 1 is 1.04 bits per heavy atom. The average molecular weight is 380 g/mol. The second-order valence-electron chi connectivity index (χ2n) is 7.48. The SMILES string of the molecule is CCN1CCN(CCOc2ccc(-c3cc(C)c4c(cnn4C)n3)cc2)CC1. The summed E-state index contributed by atoms with van der Waals surface area (Å²) in [6, 6.07) is 10.4. The summed E-state index contributed by atoms with van der Waals surface area (Å²) < 4.78 is 7.84. The third-order valence-electron chi connectivity index (χ3n) is 5.63. The lowest BCUT2D eigenvalue weighted by molar-refractivity contribution is 0.121. The van der Waals surface area contributed by atoms with Crippen LogP contribution in [0.4, 0.5) is 0 Å². The number of aryl methyl sites for hydroxylation is 2. The normalized spacial score (nSPS) is 16.0. The van der Waals surface area contributed by atoms with Gasteiger partial charge >= 0.3 is 0 Å². The van der Waals surface area contributed by atoms with E-state index in [9.17, 15) is 0 Å². The Kier molecular flexibility index (Phi) is 5.59. The fourth-order valence-electron chi connectivity index (χ4n) is 3.89. The van der Waals surface area contributed by atoms with E-state index in [0.717, 1.165) is 60.8 Å². The summed E-state index contributed by atoms with van der Waals surface area (Å²) in [5.41, 5.74) is 5.27. The van der Waals surface area contributed by atoms with E-state index in [1.165, 1.54) is 18.7 Å². The maximum absolute atomic E-state index is 5.96. The number of pyridine rings is 1. The molecule has 0 N–H and O–H groups in total. The molecule has 6 heteroatoms. The first-order chi connectivity index (χ1) is 13.6. The molecule has 4 rings (SSSR count).